The molecular weight excluding hydrogens is 292 g/mol. The summed E-state index contributed by atoms with van der Waals surface area (Å²) in [4.78, 5) is 14.3. The van der Waals surface area contributed by atoms with Crippen molar-refractivity contribution in [3.8, 4) is 0 Å². The van der Waals surface area contributed by atoms with E-state index < -0.39 is 5.72 Å². The first-order chi connectivity index (χ1) is 11.2. The van der Waals surface area contributed by atoms with Gasteiger partial charge in [-0.15, -0.1) is 0 Å². The van der Waals surface area contributed by atoms with Crippen LogP contribution in [0, 0.1) is 0 Å². The van der Waals surface area contributed by atoms with Crippen LogP contribution >= 0.6 is 0 Å². The molecule has 0 aliphatic carbocycles. The number of ether oxygens (including phenoxy) is 1. The monoisotopic (exact) mass is 320 g/mol. The van der Waals surface area contributed by atoms with Gasteiger partial charge in [0.2, 0.25) is 0 Å². The number of methoxy groups -OCH3 is 1. The minimum atomic E-state index is -1.33. The highest BCUT2D eigenvalue weighted by Crippen LogP contribution is 2.25. The second kappa shape index (κ2) is 8.89. The minimum Gasteiger partial charge on any atom is -0.385 e. The summed E-state index contributed by atoms with van der Waals surface area (Å²) in [6.07, 6.45) is 5.34. The molecule has 1 aromatic rings. The average Bonchev–Trinajstić information content (AvgIpc) is 2.60. The van der Waals surface area contributed by atoms with Crippen LogP contribution < -0.4 is 5.32 Å². The molecule has 0 saturated carbocycles. The maximum Gasteiger partial charge on any atom is 0.319 e. The van der Waals surface area contributed by atoms with Crippen molar-refractivity contribution in [1.29, 1.82) is 0 Å². The molecule has 1 aliphatic heterocycles. The molecule has 0 bridgehead atoms. The fraction of sp³-hybridized carbons (Fsp3) is 0.611. The largest absolute Gasteiger partial charge is 0.385 e. The lowest BCUT2D eigenvalue weighted by Gasteiger charge is -2.34. The van der Waals surface area contributed by atoms with Crippen LogP contribution in [0.15, 0.2) is 30.3 Å². The molecule has 5 nitrogen and oxygen atoms in total. The molecule has 2 N–H and O–H groups in total. The molecule has 1 fully saturated rings. The molecule has 1 saturated heterocycles. The first-order valence-corrected chi connectivity index (χ1v) is 8.49. The Morgan fingerprint density at radius 3 is 2.57 bits per heavy atom. The van der Waals surface area contributed by atoms with E-state index in [0.29, 0.717) is 13.0 Å². The van der Waals surface area contributed by atoms with Crippen LogP contribution in [0.3, 0.4) is 0 Å². The third-order valence-electron chi connectivity index (χ3n) is 4.35. The normalized spacial score (nSPS) is 17.6. The predicted octanol–water partition coefficient (Wildman–Crippen LogP) is 2.84. The Balaban J connectivity index is 2.04. The standard InChI is InChI=1S/C18H28N2O3/c1-23-15-9-6-12-18(22,16-10-4-2-5-11-16)19-17(21)20-13-7-3-8-14-20/h2,4-5,10-11,22H,3,6-9,12-15H2,1H3,(H,19,21)/t18-/m0/s1. The lowest BCUT2D eigenvalue weighted by atomic mass is 9.96. The Morgan fingerprint density at radius 1 is 1.22 bits per heavy atom. The van der Waals surface area contributed by atoms with Crippen molar-refractivity contribution >= 4 is 6.03 Å². The fourth-order valence-corrected chi connectivity index (χ4v) is 2.97. The van der Waals surface area contributed by atoms with E-state index in [4.69, 9.17) is 4.74 Å². The summed E-state index contributed by atoms with van der Waals surface area (Å²) < 4.78 is 5.06. The van der Waals surface area contributed by atoms with Gasteiger partial charge in [-0.3, -0.25) is 0 Å². The number of hydrogen-bond acceptors (Lipinski definition) is 3. The molecule has 1 atom stereocenters. The Hall–Kier alpha value is -1.59. The number of hydrogen-bond donors (Lipinski definition) is 2. The maximum atomic E-state index is 12.5. The second-order valence-corrected chi connectivity index (χ2v) is 6.15. The smallest absolute Gasteiger partial charge is 0.319 e. The molecule has 128 valence electrons. The van der Waals surface area contributed by atoms with Crippen molar-refractivity contribution in [2.24, 2.45) is 0 Å². The summed E-state index contributed by atoms with van der Waals surface area (Å²) in [5.74, 6) is 0. The lowest BCUT2D eigenvalue weighted by molar-refractivity contribution is -0.00511. The zero-order chi connectivity index (χ0) is 16.5. The molecule has 0 unspecified atom stereocenters. The van der Waals surface area contributed by atoms with Crippen LogP contribution in [0.5, 0.6) is 0 Å². The van der Waals surface area contributed by atoms with Gasteiger partial charge in [0.1, 0.15) is 0 Å². The summed E-state index contributed by atoms with van der Waals surface area (Å²) in [6.45, 7) is 2.19. The van der Waals surface area contributed by atoms with Crippen LogP contribution in [0.1, 0.15) is 44.1 Å². The van der Waals surface area contributed by atoms with Gasteiger partial charge in [-0.05, 0) is 38.5 Å². The van der Waals surface area contributed by atoms with E-state index in [2.05, 4.69) is 5.32 Å². The van der Waals surface area contributed by atoms with Crippen molar-refractivity contribution in [3.63, 3.8) is 0 Å². The number of amides is 2. The van der Waals surface area contributed by atoms with Crippen molar-refractivity contribution in [3.05, 3.63) is 35.9 Å². The SMILES string of the molecule is COCCCC[C@@](O)(NC(=O)N1CCCCC1)c1ccccc1. The van der Waals surface area contributed by atoms with Crippen LogP contribution in [0.4, 0.5) is 4.79 Å². The van der Waals surface area contributed by atoms with E-state index in [1.807, 2.05) is 30.3 Å². The number of nitrogens with one attached hydrogen (secondary N) is 1. The van der Waals surface area contributed by atoms with Gasteiger partial charge in [0, 0.05) is 32.4 Å². The van der Waals surface area contributed by atoms with Crippen LogP contribution in [-0.4, -0.2) is 42.8 Å². The third-order valence-corrected chi connectivity index (χ3v) is 4.35. The number of piperidine rings is 1. The van der Waals surface area contributed by atoms with E-state index in [9.17, 15) is 9.90 Å². The first-order valence-electron chi connectivity index (χ1n) is 8.49. The highest BCUT2D eigenvalue weighted by Gasteiger charge is 2.32. The van der Waals surface area contributed by atoms with Crippen LogP contribution in [-0.2, 0) is 10.5 Å². The van der Waals surface area contributed by atoms with Gasteiger partial charge in [0.05, 0.1) is 0 Å². The Morgan fingerprint density at radius 2 is 1.91 bits per heavy atom. The molecule has 0 spiro atoms. The van der Waals surface area contributed by atoms with Crippen molar-refractivity contribution in [2.75, 3.05) is 26.8 Å². The Labute approximate surface area is 138 Å². The van der Waals surface area contributed by atoms with Crippen molar-refractivity contribution < 1.29 is 14.6 Å². The molecule has 0 aromatic heterocycles. The van der Waals surface area contributed by atoms with Gasteiger partial charge in [0.15, 0.2) is 5.72 Å². The van der Waals surface area contributed by atoms with E-state index in [0.717, 1.165) is 44.3 Å². The van der Waals surface area contributed by atoms with Gasteiger partial charge in [-0.1, -0.05) is 30.3 Å². The van der Waals surface area contributed by atoms with E-state index in [1.165, 1.54) is 6.42 Å². The molecule has 2 amide bonds. The third kappa shape index (κ3) is 5.22. The zero-order valence-electron chi connectivity index (χ0n) is 14.0. The van der Waals surface area contributed by atoms with Crippen molar-refractivity contribution in [2.45, 2.75) is 44.2 Å². The summed E-state index contributed by atoms with van der Waals surface area (Å²) in [7, 11) is 1.67. The summed E-state index contributed by atoms with van der Waals surface area (Å²) >= 11 is 0. The second-order valence-electron chi connectivity index (χ2n) is 6.15. The van der Waals surface area contributed by atoms with Gasteiger partial charge < -0.3 is 20.1 Å². The van der Waals surface area contributed by atoms with Crippen LogP contribution in [0.25, 0.3) is 0 Å². The number of carbonyl (C=O) groups is 1. The molecule has 23 heavy (non-hydrogen) atoms. The molecule has 1 aromatic carbocycles. The predicted molar refractivity (Wildman–Crippen MR) is 90.0 cm³/mol. The van der Waals surface area contributed by atoms with Gasteiger partial charge >= 0.3 is 6.03 Å². The first kappa shape index (κ1) is 17.8. The number of rotatable bonds is 7. The Kier molecular flexibility index (Phi) is 6.86. The Bertz CT molecular complexity index is 474. The molecule has 2 rings (SSSR count). The maximum absolute atomic E-state index is 12.5. The quantitative estimate of drug-likeness (QED) is 0.600. The average molecular weight is 320 g/mol. The molecule has 1 heterocycles. The van der Waals surface area contributed by atoms with Crippen molar-refractivity contribution in [1.82, 2.24) is 10.2 Å². The highest BCUT2D eigenvalue weighted by molar-refractivity contribution is 5.75. The number of benzene rings is 1. The summed E-state index contributed by atoms with van der Waals surface area (Å²) in [5.41, 5.74) is -0.605. The number of likely N-dealkylation sites (tertiary alicyclic amines) is 1. The number of aliphatic hydroxyl groups is 1. The van der Waals surface area contributed by atoms with Crippen LogP contribution in [0.2, 0.25) is 0 Å². The molecular formula is C18H28N2O3. The topological polar surface area (TPSA) is 61.8 Å². The number of carbonyl (C=O) groups excluding carboxylic acids is 1. The minimum absolute atomic E-state index is 0.178. The number of nitrogens with zero attached hydrogens (tertiary/aromatic N) is 1. The number of unbranched alkanes of at least 4 members (excludes halogenated alkanes) is 1. The van der Waals surface area contributed by atoms with Gasteiger partial charge in [-0.2, -0.15) is 0 Å². The zero-order valence-corrected chi connectivity index (χ0v) is 14.0. The lowest BCUT2D eigenvalue weighted by Crippen LogP contribution is -2.52. The van der Waals surface area contributed by atoms with Gasteiger partial charge in [0.25, 0.3) is 0 Å². The fourth-order valence-electron chi connectivity index (χ4n) is 2.97. The number of urea groups is 1. The van der Waals surface area contributed by atoms with Gasteiger partial charge in [-0.25, -0.2) is 4.79 Å². The highest BCUT2D eigenvalue weighted by atomic mass is 16.5. The summed E-state index contributed by atoms with van der Waals surface area (Å²) in [6, 6.07) is 9.19. The van der Waals surface area contributed by atoms with E-state index >= 15 is 0 Å². The summed E-state index contributed by atoms with van der Waals surface area (Å²) in [5, 5.41) is 13.9. The van der Waals surface area contributed by atoms with E-state index in [-0.39, 0.29) is 6.03 Å². The molecule has 1 aliphatic rings. The van der Waals surface area contributed by atoms with E-state index in [1.54, 1.807) is 12.0 Å². The molecule has 0 radical (unpaired) electrons. The molecule has 5 heteroatoms.